The molecule has 5 fully saturated rings. The van der Waals surface area contributed by atoms with Gasteiger partial charge in [0, 0.05) is 95.7 Å². The fourth-order valence-electron chi connectivity index (χ4n) is 12.3. The molecule has 4 atom stereocenters. The van der Waals surface area contributed by atoms with Crippen molar-refractivity contribution in [3.63, 3.8) is 0 Å². The van der Waals surface area contributed by atoms with Crippen LogP contribution in [0.25, 0.3) is 0 Å². The molecule has 5 aliphatic rings. The summed E-state index contributed by atoms with van der Waals surface area (Å²) in [5.74, 6) is -8.12. The summed E-state index contributed by atoms with van der Waals surface area (Å²) >= 11 is 0. The van der Waals surface area contributed by atoms with Crippen LogP contribution >= 0.6 is 0 Å². The summed E-state index contributed by atoms with van der Waals surface area (Å²) in [6.07, 6.45) is 0.866. The maximum absolute atomic E-state index is 14.9. The largest absolute Gasteiger partial charge is 0.462 e. The molecular weight excluding hydrogens is 757 g/mol. The zero-order valence-electron chi connectivity index (χ0n) is 39.0. The van der Waals surface area contributed by atoms with Gasteiger partial charge in [0.2, 0.25) is 0 Å². The van der Waals surface area contributed by atoms with Crippen LogP contribution in [0.3, 0.4) is 0 Å². The third-order valence-electron chi connectivity index (χ3n) is 13.6. The van der Waals surface area contributed by atoms with E-state index in [1.165, 1.54) is 10.1 Å². The standard InChI is InChI=1S/C45H78N4O10/c1-38(2)18-26(19-39(3,4)46-38)56-34(50)30-17-31(35(51)57-27-20-40(5,6)47-41(7,8)21-27)33(37(53)59-29-24-44(13,14)49(55)45(15,16)25-29)32(30)36(52)58-28-22-42(9,10)48(54)43(11,12)23-28/h26-33,46-47,54-55H,17-25H2,1-16H3. The van der Waals surface area contributed by atoms with Crippen LogP contribution in [0.5, 0.6) is 0 Å². The summed E-state index contributed by atoms with van der Waals surface area (Å²) in [6.45, 7) is 31.3. The van der Waals surface area contributed by atoms with E-state index >= 15 is 0 Å². The number of carbonyl (C=O) groups excluding carboxylic acids is 4. The predicted molar refractivity (Wildman–Crippen MR) is 221 cm³/mol. The van der Waals surface area contributed by atoms with Gasteiger partial charge in [-0.3, -0.25) is 19.2 Å². The van der Waals surface area contributed by atoms with Gasteiger partial charge in [-0.1, -0.05) is 0 Å². The summed E-state index contributed by atoms with van der Waals surface area (Å²) < 4.78 is 25.2. The van der Waals surface area contributed by atoms with E-state index in [2.05, 4.69) is 66.0 Å². The number of nitrogens with zero attached hydrogens (tertiary/aromatic N) is 2. The Morgan fingerprint density at radius 3 is 0.881 bits per heavy atom. The molecule has 1 aliphatic carbocycles. The second kappa shape index (κ2) is 15.8. The number of esters is 4. The van der Waals surface area contributed by atoms with Gasteiger partial charge in [0.15, 0.2) is 0 Å². The SMILES string of the molecule is CC1(C)CC(OC(=O)C2CC(C(=O)OC3CC(C)(C)NC(C)(C)C3)C(C(=O)OC3CC(C)(C)N(O)C(C)(C)C3)C2C(=O)OC2CC(C)(C)N(O)C(C)(C)C2)CC(C)(C)N1. The number of rotatable bonds is 8. The molecule has 338 valence electrons. The maximum atomic E-state index is 14.9. The molecule has 0 aromatic heterocycles. The normalized spacial score (nSPS) is 33.1. The summed E-state index contributed by atoms with van der Waals surface area (Å²) in [5, 5.41) is 31.8. The number of hydrogen-bond acceptors (Lipinski definition) is 14. The number of nitrogens with one attached hydrogen (secondary N) is 2. The summed E-state index contributed by atoms with van der Waals surface area (Å²) in [7, 11) is 0. The highest BCUT2D eigenvalue weighted by atomic mass is 16.6. The summed E-state index contributed by atoms with van der Waals surface area (Å²) in [5.41, 5.74) is -4.39. The molecule has 4 N–H and O–H groups in total. The molecule has 1 saturated carbocycles. The Morgan fingerprint density at radius 2 is 0.627 bits per heavy atom. The van der Waals surface area contributed by atoms with Crippen molar-refractivity contribution in [2.24, 2.45) is 23.7 Å². The van der Waals surface area contributed by atoms with Crippen molar-refractivity contribution in [1.29, 1.82) is 0 Å². The average molecular weight is 835 g/mol. The number of hydrogen-bond donors (Lipinski definition) is 4. The van der Waals surface area contributed by atoms with Crippen molar-refractivity contribution in [3.05, 3.63) is 0 Å². The molecule has 59 heavy (non-hydrogen) atoms. The Hall–Kier alpha value is -2.36. The number of carbonyl (C=O) groups is 4. The molecule has 0 aromatic rings. The number of ether oxygens (including phenoxy) is 4. The zero-order chi connectivity index (χ0) is 44.7. The van der Waals surface area contributed by atoms with Crippen LogP contribution in [0.15, 0.2) is 0 Å². The van der Waals surface area contributed by atoms with Crippen LogP contribution in [0.1, 0.15) is 169 Å². The lowest BCUT2D eigenvalue weighted by Gasteiger charge is -2.51. The van der Waals surface area contributed by atoms with Crippen molar-refractivity contribution < 1.29 is 48.5 Å². The Labute approximate surface area is 353 Å². The topological polar surface area (TPSA) is 176 Å². The van der Waals surface area contributed by atoms with Crippen molar-refractivity contribution in [2.45, 2.75) is 237 Å². The van der Waals surface area contributed by atoms with E-state index in [0.717, 1.165) is 0 Å². The lowest BCUT2D eigenvalue weighted by molar-refractivity contribution is -0.261. The van der Waals surface area contributed by atoms with Gasteiger partial charge in [-0.25, -0.2) is 0 Å². The van der Waals surface area contributed by atoms with E-state index in [1.807, 2.05) is 55.4 Å². The van der Waals surface area contributed by atoms with Crippen LogP contribution < -0.4 is 10.6 Å². The van der Waals surface area contributed by atoms with Gasteiger partial charge in [-0.05, 0) is 117 Å². The van der Waals surface area contributed by atoms with Gasteiger partial charge >= 0.3 is 23.9 Å². The highest BCUT2D eigenvalue weighted by Gasteiger charge is 2.60. The smallest absolute Gasteiger partial charge is 0.310 e. The molecule has 4 aliphatic heterocycles. The molecule has 14 heteroatoms. The molecule has 0 spiro atoms. The van der Waals surface area contributed by atoms with Gasteiger partial charge in [0.25, 0.3) is 0 Å². The lowest BCUT2D eigenvalue weighted by atomic mass is 9.79. The first-order valence-corrected chi connectivity index (χ1v) is 21.9. The Kier molecular flexibility index (Phi) is 12.7. The minimum atomic E-state index is -1.41. The van der Waals surface area contributed by atoms with E-state index in [0.29, 0.717) is 51.4 Å². The molecule has 14 nitrogen and oxygen atoms in total. The quantitative estimate of drug-likeness (QED) is 0.155. The third kappa shape index (κ3) is 10.8. The molecular formula is C45H78N4O10. The Balaban J connectivity index is 1.54. The zero-order valence-corrected chi connectivity index (χ0v) is 39.0. The average Bonchev–Trinajstić information content (AvgIpc) is 3.40. The minimum absolute atomic E-state index is 0.162. The molecule has 0 aromatic carbocycles. The molecule has 0 amide bonds. The minimum Gasteiger partial charge on any atom is -0.462 e. The van der Waals surface area contributed by atoms with Crippen molar-refractivity contribution in [1.82, 2.24) is 20.8 Å². The Morgan fingerprint density at radius 1 is 0.407 bits per heavy atom. The number of piperidine rings is 4. The van der Waals surface area contributed by atoms with Gasteiger partial charge in [0.1, 0.15) is 24.4 Å². The second-order valence-corrected chi connectivity index (χ2v) is 24.0. The summed E-state index contributed by atoms with van der Waals surface area (Å²) in [6, 6.07) is 0. The molecule has 4 saturated heterocycles. The van der Waals surface area contributed by atoms with Crippen LogP contribution in [0, 0.1) is 23.7 Å². The fraction of sp³-hybridized carbons (Fsp3) is 0.911. The maximum Gasteiger partial charge on any atom is 0.310 e. The highest BCUT2D eigenvalue weighted by molar-refractivity contribution is 5.93. The molecule has 4 unspecified atom stereocenters. The lowest BCUT2D eigenvalue weighted by Crippen LogP contribution is -2.61. The third-order valence-corrected chi connectivity index (χ3v) is 13.6. The van der Waals surface area contributed by atoms with E-state index in [9.17, 15) is 29.6 Å². The van der Waals surface area contributed by atoms with Crippen LogP contribution in [0.4, 0.5) is 0 Å². The molecule has 4 heterocycles. The van der Waals surface area contributed by atoms with Crippen LogP contribution in [0.2, 0.25) is 0 Å². The summed E-state index contributed by atoms with van der Waals surface area (Å²) in [4.78, 5) is 59.1. The van der Waals surface area contributed by atoms with Crippen molar-refractivity contribution in [3.8, 4) is 0 Å². The Bertz CT molecular complexity index is 1430. The van der Waals surface area contributed by atoms with Crippen molar-refractivity contribution in [2.75, 3.05) is 0 Å². The van der Waals surface area contributed by atoms with Gasteiger partial charge < -0.3 is 40.0 Å². The monoisotopic (exact) mass is 835 g/mol. The van der Waals surface area contributed by atoms with Gasteiger partial charge in [0.05, 0.1) is 23.7 Å². The van der Waals surface area contributed by atoms with Crippen molar-refractivity contribution >= 4 is 23.9 Å². The van der Waals surface area contributed by atoms with E-state index in [1.54, 1.807) is 0 Å². The second-order valence-electron chi connectivity index (χ2n) is 24.0. The van der Waals surface area contributed by atoms with Gasteiger partial charge in [-0.2, -0.15) is 10.1 Å². The first-order valence-electron chi connectivity index (χ1n) is 21.9. The van der Waals surface area contributed by atoms with Crippen LogP contribution in [-0.2, 0) is 38.1 Å². The fourth-order valence-corrected chi connectivity index (χ4v) is 12.3. The first kappa shape index (κ1) is 47.7. The van der Waals surface area contributed by atoms with Gasteiger partial charge in [-0.15, -0.1) is 0 Å². The highest BCUT2D eigenvalue weighted by Crippen LogP contribution is 2.48. The number of hydroxylamine groups is 4. The molecule has 5 rings (SSSR count). The van der Waals surface area contributed by atoms with E-state index < -0.39 is 94.1 Å². The van der Waals surface area contributed by atoms with E-state index in [4.69, 9.17) is 18.9 Å². The van der Waals surface area contributed by atoms with Crippen LogP contribution in [-0.4, -0.2) is 113 Å². The molecule has 0 radical (unpaired) electrons. The molecule has 0 bridgehead atoms. The predicted octanol–water partition coefficient (Wildman–Crippen LogP) is 6.47. The first-order chi connectivity index (χ1) is 26.5. The van der Waals surface area contributed by atoms with E-state index in [-0.39, 0.29) is 28.6 Å².